The topological polar surface area (TPSA) is 72.3 Å². The molecule has 0 heterocycles. The van der Waals surface area contributed by atoms with Gasteiger partial charge in [0.25, 0.3) is 0 Å². The van der Waals surface area contributed by atoms with Crippen molar-refractivity contribution in [2.24, 2.45) is 11.0 Å². The molecule has 1 aromatic rings. The van der Waals surface area contributed by atoms with E-state index >= 15 is 0 Å². The van der Waals surface area contributed by atoms with E-state index in [0.717, 1.165) is 5.69 Å². The lowest BCUT2D eigenvalue weighted by Crippen LogP contribution is -2.34. The zero-order chi connectivity index (χ0) is 10.8. The Morgan fingerprint density at radius 1 is 1.21 bits per heavy atom. The lowest BCUT2D eigenvalue weighted by atomic mass is 10.3. The van der Waals surface area contributed by atoms with Crippen LogP contribution in [0.1, 0.15) is 13.8 Å². The number of hydrogen-bond acceptors (Lipinski definition) is 1. The van der Waals surface area contributed by atoms with E-state index in [0.29, 0.717) is 0 Å². The molecule has 4 nitrogen and oxygen atoms in total. The zero-order valence-corrected chi connectivity index (χ0v) is 9.32. The smallest absolute Gasteiger partial charge is 0.297 e. The molecule has 0 atom stereocenters. The molecule has 4 N–H and O–H groups in total. The van der Waals surface area contributed by atoms with Crippen LogP contribution in [0.5, 0.6) is 0 Å². The lowest BCUT2D eigenvalue weighted by molar-refractivity contribution is 0.568. The minimum atomic E-state index is -3.22. The second-order valence-corrected chi connectivity index (χ2v) is 5.22. The van der Waals surface area contributed by atoms with E-state index < -0.39 is 7.59 Å². The predicted molar refractivity (Wildman–Crippen MR) is 60.0 cm³/mol. The van der Waals surface area contributed by atoms with Gasteiger partial charge in [-0.25, -0.2) is 0 Å². The first-order chi connectivity index (χ1) is 6.43. The number of para-hydroxylation sites is 1. The van der Waals surface area contributed by atoms with Crippen molar-refractivity contribution in [1.29, 1.82) is 0 Å². The third-order valence-electron chi connectivity index (χ3n) is 1.85. The van der Waals surface area contributed by atoms with Crippen LogP contribution in [0.25, 0.3) is 0 Å². The fraction of sp³-hybridized carbons (Fsp3) is 0.333. The van der Waals surface area contributed by atoms with Gasteiger partial charge in [0.1, 0.15) is 0 Å². The number of rotatable bonds is 3. The normalized spacial score (nSPS) is 11.8. The largest absolute Gasteiger partial charge is 0.300 e. The van der Waals surface area contributed by atoms with Crippen molar-refractivity contribution in [3.8, 4) is 0 Å². The van der Waals surface area contributed by atoms with Crippen molar-refractivity contribution in [3.05, 3.63) is 30.3 Å². The van der Waals surface area contributed by atoms with Crippen molar-refractivity contribution in [2.75, 3.05) is 4.67 Å². The summed E-state index contributed by atoms with van der Waals surface area (Å²) in [5.41, 5.74) is 11.7. The average Bonchev–Trinajstić information content (AvgIpc) is 2.02. The molecule has 1 aromatic carbocycles. The van der Waals surface area contributed by atoms with Gasteiger partial charge in [-0.15, -0.1) is 0 Å². The second kappa shape index (κ2) is 4.13. The summed E-state index contributed by atoms with van der Waals surface area (Å²) >= 11 is 0. The maximum Gasteiger partial charge on any atom is 0.300 e. The van der Waals surface area contributed by atoms with Gasteiger partial charge in [0.15, 0.2) is 0 Å². The van der Waals surface area contributed by atoms with Crippen molar-refractivity contribution in [2.45, 2.75) is 19.9 Å². The highest BCUT2D eigenvalue weighted by Crippen LogP contribution is 2.38. The average molecular weight is 213 g/mol. The number of nitrogens with zero attached hydrogens (tertiary/aromatic N) is 1. The van der Waals surface area contributed by atoms with Crippen LogP contribution in [0.15, 0.2) is 30.3 Å². The van der Waals surface area contributed by atoms with Gasteiger partial charge < -0.3 is 0 Å². The minimum Gasteiger partial charge on any atom is -0.297 e. The molecule has 5 heteroatoms. The Morgan fingerprint density at radius 2 is 1.71 bits per heavy atom. The Morgan fingerprint density at radius 3 is 2.07 bits per heavy atom. The van der Waals surface area contributed by atoms with E-state index in [4.69, 9.17) is 11.0 Å². The van der Waals surface area contributed by atoms with Crippen LogP contribution in [-0.4, -0.2) is 6.04 Å². The molecule has 0 amide bonds. The van der Waals surface area contributed by atoms with Crippen LogP contribution in [0.3, 0.4) is 0 Å². The molecule has 0 aliphatic carbocycles. The summed E-state index contributed by atoms with van der Waals surface area (Å²) in [4.78, 5) is 0. The van der Waals surface area contributed by atoms with Crippen molar-refractivity contribution in [3.63, 3.8) is 0 Å². The standard InChI is InChI=1S/C9H16N3OP/c1-8(2)12(14(10,11)13)9-6-4-3-5-7-9/h3-8H,1-2H3,(H4,10,11,13). The second-order valence-electron chi connectivity index (χ2n) is 3.45. The molecule has 0 saturated heterocycles. The van der Waals surface area contributed by atoms with Crippen molar-refractivity contribution >= 4 is 13.3 Å². The summed E-state index contributed by atoms with van der Waals surface area (Å²) in [5.74, 6) is 0. The summed E-state index contributed by atoms with van der Waals surface area (Å²) < 4.78 is 13.2. The van der Waals surface area contributed by atoms with Gasteiger partial charge in [-0.2, -0.15) is 0 Å². The first-order valence-electron chi connectivity index (χ1n) is 4.45. The molecule has 0 unspecified atom stereocenters. The molecular weight excluding hydrogens is 197 g/mol. The van der Waals surface area contributed by atoms with Crippen LogP contribution in [0.2, 0.25) is 0 Å². The van der Waals surface area contributed by atoms with Gasteiger partial charge >= 0.3 is 7.59 Å². The van der Waals surface area contributed by atoms with E-state index in [2.05, 4.69) is 0 Å². The SMILES string of the molecule is CC(C)N(c1ccccc1)P(N)(N)=O. The van der Waals surface area contributed by atoms with Crippen LogP contribution >= 0.6 is 7.59 Å². The maximum absolute atomic E-state index is 11.6. The van der Waals surface area contributed by atoms with E-state index in [1.165, 1.54) is 0 Å². The third kappa shape index (κ3) is 2.58. The van der Waals surface area contributed by atoms with Crippen LogP contribution in [-0.2, 0) is 4.57 Å². The number of anilines is 1. The summed E-state index contributed by atoms with van der Waals surface area (Å²) in [6.07, 6.45) is 0. The van der Waals surface area contributed by atoms with E-state index in [1.54, 1.807) is 4.67 Å². The lowest BCUT2D eigenvalue weighted by Gasteiger charge is -2.31. The molecule has 1 rings (SSSR count). The number of nitrogens with two attached hydrogens (primary N) is 2. The Kier molecular flexibility index (Phi) is 3.32. The van der Waals surface area contributed by atoms with Gasteiger partial charge in [0, 0.05) is 11.7 Å². The molecule has 0 aliphatic heterocycles. The maximum atomic E-state index is 11.6. The Balaban J connectivity index is 3.08. The van der Waals surface area contributed by atoms with E-state index in [1.807, 2.05) is 44.2 Å². The molecule has 0 spiro atoms. The van der Waals surface area contributed by atoms with Crippen LogP contribution < -0.4 is 15.7 Å². The van der Waals surface area contributed by atoms with E-state index in [-0.39, 0.29) is 6.04 Å². The quantitative estimate of drug-likeness (QED) is 0.752. The minimum absolute atomic E-state index is 0.0123. The van der Waals surface area contributed by atoms with Crippen LogP contribution in [0, 0.1) is 0 Å². The van der Waals surface area contributed by atoms with Gasteiger partial charge in [-0.3, -0.25) is 20.2 Å². The Hall–Kier alpha value is -0.830. The number of benzene rings is 1. The van der Waals surface area contributed by atoms with Crippen molar-refractivity contribution in [1.82, 2.24) is 0 Å². The Bertz CT molecular complexity index is 333. The molecule has 14 heavy (non-hydrogen) atoms. The van der Waals surface area contributed by atoms with Gasteiger partial charge in [-0.05, 0) is 26.0 Å². The first-order valence-corrected chi connectivity index (χ1v) is 6.24. The monoisotopic (exact) mass is 213 g/mol. The summed E-state index contributed by atoms with van der Waals surface area (Å²) in [5, 5.41) is 0. The van der Waals surface area contributed by atoms with Gasteiger partial charge in [0.05, 0.1) is 0 Å². The summed E-state index contributed by atoms with van der Waals surface area (Å²) in [6, 6.07) is 9.30. The molecule has 78 valence electrons. The molecule has 0 fully saturated rings. The highest BCUT2D eigenvalue weighted by atomic mass is 31.2. The summed E-state index contributed by atoms with van der Waals surface area (Å²) in [7, 11) is -3.22. The van der Waals surface area contributed by atoms with Gasteiger partial charge in [-0.1, -0.05) is 18.2 Å². The fourth-order valence-electron chi connectivity index (χ4n) is 1.42. The highest BCUT2D eigenvalue weighted by molar-refractivity contribution is 7.60. The van der Waals surface area contributed by atoms with Crippen LogP contribution in [0.4, 0.5) is 5.69 Å². The Labute approximate surface area is 84.4 Å². The van der Waals surface area contributed by atoms with Crippen molar-refractivity contribution < 1.29 is 4.57 Å². The fourth-order valence-corrected chi connectivity index (χ4v) is 2.64. The van der Waals surface area contributed by atoms with E-state index in [9.17, 15) is 4.57 Å². The molecular formula is C9H16N3OP. The molecule has 0 aliphatic rings. The first kappa shape index (κ1) is 11.2. The zero-order valence-electron chi connectivity index (χ0n) is 8.42. The molecule has 0 aromatic heterocycles. The predicted octanol–water partition coefficient (Wildman–Crippen LogP) is 1.93. The molecule has 0 radical (unpaired) electrons. The summed E-state index contributed by atoms with van der Waals surface area (Å²) in [6.45, 7) is 3.80. The van der Waals surface area contributed by atoms with Gasteiger partial charge in [0.2, 0.25) is 0 Å². The molecule has 0 bridgehead atoms. The third-order valence-corrected chi connectivity index (χ3v) is 3.21. The highest BCUT2D eigenvalue weighted by Gasteiger charge is 2.23. The molecule has 0 saturated carbocycles. The number of hydrogen-bond donors (Lipinski definition) is 2.